The van der Waals surface area contributed by atoms with E-state index in [0.717, 1.165) is 35.1 Å². The fraction of sp³-hybridized carbons (Fsp3) is 0.558. The quantitative estimate of drug-likeness (QED) is 0.0205. The minimum Gasteiger partial charge on any atom is -0.445 e. The zero-order chi connectivity index (χ0) is 75.1. The monoisotopic (exact) mass is 1460 g/mol. The van der Waals surface area contributed by atoms with Crippen LogP contribution in [0.15, 0.2) is 96.6 Å². The van der Waals surface area contributed by atoms with Crippen molar-refractivity contribution >= 4 is 70.5 Å². The highest BCUT2D eigenvalue weighted by Gasteiger charge is 2.76. The Labute approximate surface area is 612 Å². The lowest BCUT2D eigenvalue weighted by Gasteiger charge is -2.59. The van der Waals surface area contributed by atoms with Crippen LogP contribution in [0.1, 0.15) is 128 Å². The molecule has 28 nitrogen and oxygen atoms in total. The second-order valence-electron chi connectivity index (χ2n) is 28.0. The first-order valence-electron chi connectivity index (χ1n) is 36.4. The molecule has 4 unspecified atom stereocenters. The number of alkyl carbamates (subject to hydrolysis) is 1. The van der Waals surface area contributed by atoms with E-state index in [0.29, 0.717) is 69.0 Å². The summed E-state index contributed by atoms with van der Waals surface area (Å²) < 4.78 is 46.6. The average Bonchev–Trinajstić information content (AvgIpc) is 1.50. The van der Waals surface area contributed by atoms with Crippen LogP contribution in [0.25, 0.3) is 0 Å². The number of para-hydroxylation sites is 1. The summed E-state index contributed by atoms with van der Waals surface area (Å²) in [4.78, 5) is 132. The molecule has 9 amide bonds. The summed E-state index contributed by atoms with van der Waals surface area (Å²) in [6.07, 6.45) is 6.41. The van der Waals surface area contributed by atoms with Gasteiger partial charge >= 0.3 is 12.1 Å². The van der Waals surface area contributed by atoms with Crippen LogP contribution < -0.4 is 47.9 Å². The van der Waals surface area contributed by atoms with Crippen LogP contribution in [-0.4, -0.2) is 186 Å². The van der Waals surface area contributed by atoms with Gasteiger partial charge in [-0.2, -0.15) is 0 Å². The number of carbonyl (C=O) groups is 10. The third-order valence-corrected chi connectivity index (χ3v) is 20.6. The molecular formula is C77H101N9O19. The predicted octanol–water partition coefficient (Wildman–Crippen LogP) is 5.05. The molecule has 3 aromatic rings. The topological polar surface area (TPSA) is 378 Å². The number of nitrogens with one attached hydrogen (secondary N) is 7. The van der Waals surface area contributed by atoms with E-state index in [1.807, 2.05) is 68.5 Å². The smallest absolute Gasteiger partial charge is 0.407 e. The van der Waals surface area contributed by atoms with Crippen LogP contribution in [0.2, 0.25) is 0 Å². The van der Waals surface area contributed by atoms with E-state index < -0.39 is 95.9 Å². The Morgan fingerprint density at radius 3 is 2.17 bits per heavy atom. The molecule has 3 aromatic carbocycles. The van der Waals surface area contributed by atoms with Crippen molar-refractivity contribution in [3.8, 4) is 11.8 Å². The van der Waals surface area contributed by atoms with Crippen molar-refractivity contribution < 1.29 is 90.9 Å². The van der Waals surface area contributed by atoms with Crippen molar-refractivity contribution in [2.75, 3.05) is 96.0 Å². The molecule has 28 heteroatoms. The van der Waals surface area contributed by atoms with Crippen LogP contribution in [0.3, 0.4) is 0 Å². The second kappa shape index (κ2) is 38.4. The largest absolute Gasteiger partial charge is 0.445 e. The van der Waals surface area contributed by atoms with Crippen LogP contribution >= 0.6 is 0 Å². The second-order valence-corrected chi connectivity index (χ2v) is 28.0. The van der Waals surface area contributed by atoms with E-state index >= 15 is 0 Å². The zero-order valence-electron chi connectivity index (χ0n) is 60.6. The fourth-order valence-electron chi connectivity index (χ4n) is 15.4. The number of hydrogen-bond acceptors (Lipinski definition) is 19. The minimum atomic E-state index is -1.39. The molecule has 4 aliphatic carbocycles. The predicted molar refractivity (Wildman–Crippen MR) is 384 cm³/mol. The Bertz CT molecular complexity index is 3710. The number of primary amides is 1. The molecule has 3 saturated carbocycles. The van der Waals surface area contributed by atoms with Gasteiger partial charge in [-0.1, -0.05) is 107 Å². The number of Topliss-reactive ketones (excluding diaryl/α,β-unsaturated/α-hetero) is 1. The standard InChI is InChI=1S/C77H101N9O19/c1-6-12-68-104-63-42-58-57-25-22-54-41-56(87)28-30-75(54,4)69(57)61(88)43-76(58,5)77(63,105-68)62(89)47-102-48-82-66(92)44-81-74(97)103-46-50-18-23-55(24-19-50)83-71(94)59(16-11-31-80-73(78)96)84-72(95)70(49(2)3)85-65(91)29-33-98-35-37-100-39-40-101-38-36-99-34-32-79-64(90)26-27-67(93)86-45-53-15-8-7-13-51(53)20-21-52-14-9-10-17-60(52)86/h7-10,13-15,17-19,23-24,28,30,41,49,57-59,61,63,68-70,88H,6,11-12,16,22,25-27,29,31-40,42-48H2,1-5H3,(H,79,90)(H,81,97)(H,82,92)(H,83,94)(H,84,95)(H,85,91)(H3,78,80,96)/t57?,58?,59-,61-,63+,68?,69?,70-,75-,76-,77+/m0/s1. The molecule has 0 aromatic heterocycles. The Balaban J connectivity index is 0.611. The van der Waals surface area contributed by atoms with Gasteiger partial charge in [-0.05, 0) is 116 Å². The number of nitrogens with zero attached hydrogens (tertiary/aromatic N) is 1. The van der Waals surface area contributed by atoms with Gasteiger partial charge in [-0.3, -0.25) is 38.4 Å². The fourth-order valence-corrected chi connectivity index (χ4v) is 15.4. The van der Waals surface area contributed by atoms with Crippen LogP contribution in [0, 0.1) is 46.3 Å². The van der Waals surface area contributed by atoms with Gasteiger partial charge in [0, 0.05) is 65.9 Å². The highest BCUT2D eigenvalue weighted by molar-refractivity contribution is 6.01. The first kappa shape index (κ1) is 80.2. The van der Waals surface area contributed by atoms with E-state index in [1.54, 1.807) is 55.2 Å². The molecule has 11 atom stereocenters. The minimum absolute atomic E-state index is 0.0167. The Morgan fingerprint density at radius 2 is 1.45 bits per heavy atom. The third-order valence-electron chi connectivity index (χ3n) is 20.6. The molecular weight excluding hydrogens is 1350 g/mol. The number of amides is 9. The Kier molecular flexibility index (Phi) is 29.3. The van der Waals surface area contributed by atoms with Crippen molar-refractivity contribution in [1.82, 2.24) is 31.9 Å². The molecule has 568 valence electrons. The van der Waals surface area contributed by atoms with Crippen LogP contribution in [0.4, 0.5) is 21.0 Å². The number of carbonyl (C=O) groups excluding carboxylic acids is 10. The van der Waals surface area contributed by atoms with Crippen molar-refractivity contribution in [3.05, 3.63) is 119 Å². The first-order chi connectivity index (χ1) is 50.5. The number of hydrogen-bond donors (Lipinski definition) is 9. The molecule has 10 N–H and O–H groups in total. The lowest BCUT2D eigenvalue weighted by Crippen LogP contribution is -2.63. The van der Waals surface area contributed by atoms with Crippen molar-refractivity contribution in [3.63, 3.8) is 0 Å². The van der Waals surface area contributed by atoms with E-state index in [1.165, 1.54) is 0 Å². The van der Waals surface area contributed by atoms with E-state index in [-0.39, 0.29) is 139 Å². The number of aliphatic hydroxyl groups is 1. The van der Waals surface area contributed by atoms with Gasteiger partial charge in [0.25, 0.3) is 0 Å². The summed E-state index contributed by atoms with van der Waals surface area (Å²) in [7, 11) is 0. The van der Waals surface area contributed by atoms with Gasteiger partial charge in [0.1, 0.15) is 38.6 Å². The number of benzene rings is 3. The number of anilines is 2. The van der Waals surface area contributed by atoms with Gasteiger partial charge in [0.15, 0.2) is 23.5 Å². The van der Waals surface area contributed by atoms with E-state index in [2.05, 4.69) is 56.0 Å². The van der Waals surface area contributed by atoms with Gasteiger partial charge < -0.3 is 90.9 Å². The molecule has 105 heavy (non-hydrogen) atoms. The SMILES string of the molecule is CCCC1O[C@@H]2CC3C4CCC5=CC(=O)C=C[C@]5(C)C4[C@@H](O)C[C@]3(C)[C@]2(C(=O)COCNC(=O)CNC(=O)OCc2ccc(NC(=O)[C@H](CCCNC(N)=O)NC(=O)[C@@H](NC(=O)CCOCCOCCOCCOCCNC(=O)CCC(=O)N3Cc4ccccc4C#Cc4ccccc43)C(C)C)cc2)O1. The molecule has 6 aliphatic rings. The molecule has 4 fully saturated rings. The maximum Gasteiger partial charge on any atom is 0.407 e. The summed E-state index contributed by atoms with van der Waals surface area (Å²) in [6, 6.07) is 18.6. The number of ketones is 2. The molecule has 9 rings (SSSR count). The Hall–Kier alpha value is -8.92. The summed E-state index contributed by atoms with van der Waals surface area (Å²) >= 11 is 0. The number of ether oxygens (including phenoxy) is 8. The molecule has 1 saturated heterocycles. The Morgan fingerprint density at radius 1 is 0.752 bits per heavy atom. The lowest BCUT2D eigenvalue weighted by atomic mass is 9.46. The lowest BCUT2D eigenvalue weighted by molar-refractivity contribution is -0.201. The number of nitrogens with two attached hydrogens (primary N) is 1. The van der Waals surface area contributed by atoms with Crippen LogP contribution in [-0.2, 0) is 89.4 Å². The third kappa shape index (κ3) is 21.0. The van der Waals surface area contributed by atoms with Gasteiger partial charge in [0.05, 0.1) is 77.3 Å². The van der Waals surface area contributed by atoms with Gasteiger partial charge in [-0.25, -0.2) is 9.59 Å². The van der Waals surface area contributed by atoms with Crippen molar-refractivity contribution in [1.29, 1.82) is 0 Å². The molecule has 2 heterocycles. The maximum atomic E-state index is 14.6. The average molecular weight is 1460 g/mol. The number of aliphatic hydroxyl groups excluding tert-OH is 1. The van der Waals surface area contributed by atoms with Gasteiger partial charge in [0.2, 0.25) is 35.4 Å². The summed E-state index contributed by atoms with van der Waals surface area (Å²) in [6.45, 7) is 10.8. The maximum absolute atomic E-state index is 14.6. The van der Waals surface area contributed by atoms with Gasteiger partial charge in [-0.15, -0.1) is 0 Å². The molecule has 2 aliphatic heterocycles. The molecule has 0 radical (unpaired) electrons. The summed E-state index contributed by atoms with van der Waals surface area (Å²) in [5, 5.41) is 30.5. The highest BCUT2D eigenvalue weighted by Crippen LogP contribution is 2.70. The van der Waals surface area contributed by atoms with Crippen molar-refractivity contribution in [2.24, 2.45) is 40.2 Å². The van der Waals surface area contributed by atoms with Crippen molar-refractivity contribution in [2.45, 2.75) is 155 Å². The normalized spacial score (nSPS) is 23.6. The number of fused-ring (bicyclic) bond motifs is 9. The highest BCUT2D eigenvalue weighted by atomic mass is 16.7. The first-order valence-corrected chi connectivity index (χ1v) is 36.4. The van der Waals surface area contributed by atoms with Crippen LogP contribution in [0.5, 0.6) is 0 Å². The molecule has 0 bridgehead atoms. The van der Waals surface area contributed by atoms with E-state index in [4.69, 9.17) is 43.6 Å². The number of allylic oxidation sites excluding steroid dienone is 4. The number of rotatable bonds is 39. The summed E-state index contributed by atoms with van der Waals surface area (Å²) in [5.74, 6) is 2.78. The molecule has 0 spiro atoms. The number of urea groups is 1. The van der Waals surface area contributed by atoms with E-state index in [9.17, 15) is 53.1 Å². The zero-order valence-corrected chi connectivity index (χ0v) is 60.6. The summed E-state index contributed by atoms with van der Waals surface area (Å²) in [5.41, 5.74) is 7.72.